The molecule has 1 N–H and O–H groups in total. The summed E-state index contributed by atoms with van der Waals surface area (Å²) in [6.07, 6.45) is 1.22. The molecular formula is C15H20N2O5S. The number of nitrogens with zero attached hydrogens (tertiary/aromatic N) is 2. The largest absolute Gasteiger partial charge is 0.481 e. The van der Waals surface area contributed by atoms with Gasteiger partial charge in [0.1, 0.15) is 0 Å². The lowest BCUT2D eigenvalue weighted by Crippen LogP contribution is -2.42. The summed E-state index contributed by atoms with van der Waals surface area (Å²) in [7, 11) is -0.656. The summed E-state index contributed by atoms with van der Waals surface area (Å²) in [5.41, 5.74) is 0.355. The van der Waals surface area contributed by atoms with E-state index in [0.717, 1.165) is 4.31 Å². The molecular weight excluding hydrogens is 320 g/mol. The van der Waals surface area contributed by atoms with Crippen molar-refractivity contribution in [3.8, 4) is 0 Å². The molecule has 1 aromatic carbocycles. The van der Waals surface area contributed by atoms with E-state index in [2.05, 4.69) is 0 Å². The fraction of sp³-hybridized carbons (Fsp3) is 0.467. The normalized spacial score (nSPS) is 18.9. The van der Waals surface area contributed by atoms with Crippen LogP contribution in [0.3, 0.4) is 0 Å². The fourth-order valence-corrected chi connectivity index (χ4v) is 3.43. The maximum Gasteiger partial charge on any atom is 0.308 e. The molecule has 126 valence electrons. The van der Waals surface area contributed by atoms with E-state index in [0.29, 0.717) is 24.9 Å². The minimum absolute atomic E-state index is 0.112. The molecule has 0 bridgehead atoms. The maximum absolute atomic E-state index is 12.4. The van der Waals surface area contributed by atoms with E-state index in [9.17, 15) is 18.0 Å². The zero-order valence-corrected chi connectivity index (χ0v) is 13.9. The lowest BCUT2D eigenvalue weighted by atomic mass is 9.97. The van der Waals surface area contributed by atoms with E-state index in [4.69, 9.17) is 5.11 Å². The van der Waals surface area contributed by atoms with Crippen LogP contribution in [0.2, 0.25) is 0 Å². The number of hydrogen-bond donors (Lipinski definition) is 1. The average molecular weight is 340 g/mol. The summed E-state index contributed by atoms with van der Waals surface area (Å²) in [6.45, 7) is 0.701. The van der Waals surface area contributed by atoms with Gasteiger partial charge in [0.05, 0.1) is 10.8 Å². The van der Waals surface area contributed by atoms with Crippen molar-refractivity contribution >= 4 is 21.9 Å². The Morgan fingerprint density at radius 3 is 2.35 bits per heavy atom. The first kappa shape index (κ1) is 17.4. The molecule has 7 nitrogen and oxygen atoms in total. The Labute approximate surface area is 135 Å². The van der Waals surface area contributed by atoms with Crippen LogP contribution >= 0.6 is 0 Å². The number of amides is 1. The molecule has 1 amide bonds. The van der Waals surface area contributed by atoms with Crippen molar-refractivity contribution in [1.29, 1.82) is 0 Å². The van der Waals surface area contributed by atoms with Crippen LogP contribution in [0.4, 0.5) is 0 Å². The topological polar surface area (TPSA) is 95.0 Å². The number of likely N-dealkylation sites (tertiary alicyclic amines) is 1. The molecule has 1 aliphatic rings. The Bertz CT molecular complexity index is 697. The van der Waals surface area contributed by atoms with Crippen LogP contribution in [0.15, 0.2) is 29.2 Å². The van der Waals surface area contributed by atoms with E-state index in [-0.39, 0.29) is 17.3 Å². The number of carboxylic acid groups (broad SMARTS) is 1. The fourth-order valence-electron chi connectivity index (χ4n) is 2.53. The van der Waals surface area contributed by atoms with Gasteiger partial charge in [0.15, 0.2) is 0 Å². The highest BCUT2D eigenvalue weighted by Crippen LogP contribution is 2.20. The van der Waals surface area contributed by atoms with Crippen LogP contribution in [0, 0.1) is 5.92 Å². The highest BCUT2D eigenvalue weighted by molar-refractivity contribution is 7.89. The van der Waals surface area contributed by atoms with E-state index in [1.54, 1.807) is 0 Å². The van der Waals surface area contributed by atoms with Gasteiger partial charge >= 0.3 is 5.97 Å². The molecule has 8 heteroatoms. The summed E-state index contributed by atoms with van der Waals surface area (Å²) in [4.78, 5) is 25.1. The van der Waals surface area contributed by atoms with Gasteiger partial charge in [-0.05, 0) is 37.1 Å². The van der Waals surface area contributed by atoms with Crippen molar-refractivity contribution in [2.45, 2.75) is 17.7 Å². The van der Waals surface area contributed by atoms with Gasteiger partial charge in [-0.2, -0.15) is 0 Å². The Kier molecular flexibility index (Phi) is 5.06. The minimum Gasteiger partial charge on any atom is -0.481 e. The number of aliphatic carboxylic acids is 1. The zero-order valence-electron chi connectivity index (χ0n) is 13.1. The van der Waals surface area contributed by atoms with E-state index in [1.165, 1.54) is 43.3 Å². The molecule has 1 unspecified atom stereocenters. The molecule has 23 heavy (non-hydrogen) atoms. The number of carboxylic acids is 1. The lowest BCUT2D eigenvalue weighted by Gasteiger charge is -2.30. The van der Waals surface area contributed by atoms with E-state index < -0.39 is 21.9 Å². The third-order valence-electron chi connectivity index (χ3n) is 3.94. The van der Waals surface area contributed by atoms with E-state index in [1.807, 2.05) is 0 Å². The average Bonchev–Trinajstić information content (AvgIpc) is 2.54. The monoisotopic (exact) mass is 340 g/mol. The van der Waals surface area contributed by atoms with Gasteiger partial charge in [-0.1, -0.05) is 0 Å². The predicted molar refractivity (Wildman–Crippen MR) is 83.6 cm³/mol. The number of carbonyl (C=O) groups is 2. The number of hydrogen-bond acceptors (Lipinski definition) is 4. The van der Waals surface area contributed by atoms with Crippen molar-refractivity contribution in [2.75, 3.05) is 27.2 Å². The second-order valence-corrected chi connectivity index (χ2v) is 7.89. The molecule has 1 heterocycles. The standard InChI is InChI=1S/C15H20N2O5S/c1-16(2)23(21,22)13-7-5-11(6-8-13)14(18)17-9-3-4-12(10-17)15(19)20/h5-8,12H,3-4,9-10H2,1-2H3,(H,19,20). The first-order valence-electron chi connectivity index (χ1n) is 7.28. The highest BCUT2D eigenvalue weighted by Gasteiger charge is 2.28. The molecule has 1 atom stereocenters. The SMILES string of the molecule is CN(C)S(=O)(=O)c1ccc(C(=O)N2CCCC(C(=O)O)C2)cc1. The third kappa shape index (κ3) is 3.70. The van der Waals surface area contributed by atoms with Crippen LogP contribution < -0.4 is 0 Å². The van der Waals surface area contributed by atoms with Gasteiger partial charge in [0, 0.05) is 32.7 Å². The molecule has 1 aromatic rings. The summed E-state index contributed by atoms with van der Waals surface area (Å²) >= 11 is 0. The number of benzene rings is 1. The quantitative estimate of drug-likeness (QED) is 0.878. The van der Waals surface area contributed by atoms with Crippen molar-refractivity contribution in [3.05, 3.63) is 29.8 Å². The van der Waals surface area contributed by atoms with Crippen LogP contribution in [0.5, 0.6) is 0 Å². The second kappa shape index (κ2) is 6.67. The minimum atomic E-state index is -3.53. The van der Waals surface area contributed by atoms with E-state index >= 15 is 0 Å². The molecule has 1 aliphatic heterocycles. The summed E-state index contributed by atoms with van der Waals surface area (Å²) in [5, 5.41) is 9.08. The molecule has 1 saturated heterocycles. The van der Waals surface area contributed by atoms with Crippen LogP contribution in [-0.2, 0) is 14.8 Å². The van der Waals surface area contributed by atoms with Crippen molar-refractivity contribution < 1.29 is 23.1 Å². The van der Waals surface area contributed by atoms with Crippen molar-refractivity contribution in [2.24, 2.45) is 5.92 Å². The summed E-state index contributed by atoms with van der Waals surface area (Å²) in [5.74, 6) is -1.71. The zero-order chi connectivity index (χ0) is 17.2. The summed E-state index contributed by atoms with van der Waals surface area (Å²) < 4.78 is 25.1. The first-order valence-corrected chi connectivity index (χ1v) is 8.72. The first-order chi connectivity index (χ1) is 10.7. The van der Waals surface area contributed by atoms with Gasteiger partial charge in [-0.3, -0.25) is 9.59 Å². The Morgan fingerprint density at radius 2 is 1.83 bits per heavy atom. The summed E-state index contributed by atoms with van der Waals surface area (Å²) in [6, 6.07) is 5.70. The van der Waals surface area contributed by atoms with Gasteiger partial charge < -0.3 is 10.0 Å². The van der Waals surface area contributed by atoms with Crippen LogP contribution in [0.1, 0.15) is 23.2 Å². The Balaban J connectivity index is 2.16. The molecule has 2 rings (SSSR count). The Morgan fingerprint density at radius 1 is 1.22 bits per heavy atom. The number of piperidine rings is 1. The third-order valence-corrected chi connectivity index (χ3v) is 5.77. The smallest absolute Gasteiger partial charge is 0.308 e. The molecule has 1 fully saturated rings. The predicted octanol–water partition coefficient (Wildman–Crippen LogP) is 0.874. The number of sulfonamides is 1. The van der Waals surface area contributed by atoms with Crippen molar-refractivity contribution in [3.63, 3.8) is 0 Å². The van der Waals surface area contributed by atoms with Gasteiger partial charge in [0.25, 0.3) is 5.91 Å². The number of carbonyl (C=O) groups excluding carboxylic acids is 1. The molecule has 0 aromatic heterocycles. The molecule has 0 radical (unpaired) electrons. The van der Waals surface area contributed by atoms with Gasteiger partial charge in [-0.15, -0.1) is 0 Å². The highest BCUT2D eigenvalue weighted by atomic mass is 32.2. The van der Waals surface area contributed by atoms with Gasteiger partial charge in [0.2, 0.25) is 10.0 Å². The number of rotatable bonds is 4. The van der Waals surface area contributed by atoms with Crippen LogP contribution in [0.25, 0.3) is 0 Å². The Hall–Kier alpha value is -1.93. The molecule has 0 spiro atoms. The maximum atomic E-state index is 12.4. The molecule has 0 saturated carbocycles. The van der Waals surface area contributed by atoms with Crippen molar-refractivity contribution in [1.82, 2.24) is 9.21 Å². The second-order valence-electron chi connectivity index (χ2n) is 5.74. The van der Waals surface area contributed by atoms with Crippen LogP contribution in [-0.4, -0.2) is 61.8 Å². The molecule has 0 aliphatic carbocycles. The lowest BCUT2D eigenvalue weighted by molar-refractivity contribution is -0.143. The van der Waals surface area contributed by atoms with Gasteiger partial charge in [-0.25, -0.2) is 12.7 Å².